The molecule has 108 valence electrons. The van der Waals surface area contributed by atoms with Crippen molar-refractivity contribution in [2.45, 2.75) is 25.6 Å². The molecule has 2 nitrogen and oxygen atoms in total. The maximum Gasteiger partial charge on any atom is 0.258 e. The van der Waals surface area contributed by atoms with E-state index in [1.807, 2.05) is 29.2 Å². The molecule has 0 N–H and O–H groups in total. The zero-order chi connectivity index (χ0) is 14.8. The molecule has 0 atom stereocenters. The fourth-order valence-corrected chi connectivity index (χ4v) is 3.12. The van der Waals surface area contributed by atoms with Gasteiger partial charge in [-0.15, -0.1) is 11.6 Å². The third-order valence-electron chi connectivity index (χ3n) is 4.02. The zero-order valence-corrected chi connectivity index (χ0v) is 12.9. The topological polar surface area (TPSA) is 20.3 Å². The summed E-state index contributed by atoms with van der Waals surface area (Å²) in [6.45, 7) is 2.86. The Balaban J connectivity index is 1.96. The summed E-state index contributed by atoms with van der Waals surface area (Å²) in [5.41, 5.74) is 5.28. The standard InChI is InChI=1S/C18H18ClNO/c1-13-4-2-5-15-6-3-11-20(17(13)15)18(21)16-9-7-14(12-19)8-10-16/h2,4-5,7-10H,3,6,11-12H2,1H3. The van der Waals surface area contributed by atoms with E-state index in [0.717, 1.165) is 41.8 Å². The first kappa shape index (κ1) is 14.2. The van der Waals surface area contributed by atoms with E-state index in [0.29, 0.717) is 5.88 Å². The Morgan fingerprint density at radius 3 is 2.67 bits per heavy atom. The molecule has 0 fully saturated rings. The number of nitrogens with zero attached hydrogens (tertiary/aromatic N) is 1. The molecule has 2 aromatic rings. The van der Waals surface area contributed by atoms with E-state index in [1.165, 1.54) is 5.56 Å². The molecule has 0 bridgehead atoms. The number of hydrogen-bond donors (Lipinski definition) is 0. The molecule has 0 saturated heterocycles. The molecule has 0 saturated carbocycles. The summed E-state index contributed by atoms with van der Waals surface area (Å²) in [5, 5.41) is 0. The number of fused-ring (bicyclic) bond motifs is 1. The lowest BCUT2D eigenvalue weighted by molar-refractivity contribution is 0.0985. The maximum absolute atomic E-state index is 12.8. The van der Waals surface area contributed by atoms with Crippen molar-refractivity contribution in [2.24, 2.45) is 0 Å². The number of benzene rings is 2. The Bertz CT molecular complexity index is 663. The molecule has 3 rings (SSSR count). The molecular formula is C18H18ClNO. The molecule has 0 unspecified atom stereocenters. The van der Waals surface area contributed by atoms with E-state index in [1.54, 1.807) is 0 Å². The number of aryl methyl sites for hydroxylation is 2. The van der Waals surface area contributed by atoms with Crippen LogP contribution in [-0.4, -0.2) is 12.5 Å². The summed E-state index contributed by atoms with van der Waals surface area (Å²) in [7, 11) is 0. The largest absolute Gasteiger partial charge is 0.308 e. The number of carbonyl (C=O) groups is 1. The van der Waals surface area contributed by atoms with E-state index in [2.05, 4.69) is 25.1 Å². The first-order chi connectivity index (χ1) is 10.2. The molecule has 2 aromatic carbocycles. The monoisotopic (exact) mass is 299 g/mol. The molecule has 1 heterocycles. The van der Waals surface area contributed by atoms with E-state index >= 15 is 0 Å². The second-order valence-electron chi connectivity index (χ2n) is 5.47. The number of amides is 1. The predicted octanol–water partition coefficient (Wildman–Crippen LogP) is 4.33. The average molecular weight is 300 g/mol. The Morgan fingerprint density at radius 2 is 1.95 bits per heavy atom. The molecule has 21 heavy (non-hydrogen) atoms. The van der Waals surface area contributed by atoms with E-state index < -0.39 is 0 Å². The van der Waals surface area contributed by atoms with Crippen LogP contribution in [0, 0.1) is 6.92 Å². The number of alkyl halides is 1. The van der Waals surface area contributed by atoms with Gasteiger partial charge < -0.3 is 4.90 Å². The van der Waals surface area contributed by atoms with Crippen molar-refractivity contribution in [3.8, 4) is 0 Å². The van der Waals surface area contributed by atoms with Crippen LogP contribution in [-0.2, 0) is 12.3 Å². The van der Waals surface area contributed by atoms with Crippen molar-refractivity contribution in [1.82, 2.24) is 0 Å². The first-order valence-electron chi connectivity index (χ1n) is 7.26. The van der Waals surface area contributed by atoms with Crippen LogP contribution in [0.15, 0.2) is 42.5 Å². The average Bonchev–Trinajstić information content (AvgIpc) is 2.54. The SMILES string of the molecule is Cc1cccc2c1N(C(=O)c1ccc(CCl)cc1)CCC2. The van der Waals surface area contributed by atoms with Crippen LogP contribution in [0.5, 0.6) is 0 Å². The summed E-state index contributed by atoms with van der Waals surface area (Å²) >= 11 is 5.80. The van der Waals surface area contributed by atoms with Gasteiger partial charge in [0.25, 0.3) is 5.91 Å². The quantitative estimate of drug-likeness (QED) is 0.756. The molecule has 0 radical (unpaired) electrons. The number of rotatable bonds is 2. The van der Waals surface area contributed by atoms with Crippen LogP contribution in [0.2, 0.25) is 0 Å². The van der Waals surface area contributed by atoms with Gasteiger partial charge in [-0.05, 0) is 48.6 Å². The van der Waals surface area contributed by atoms with Gasteiger partial charge >= 0.3 is 0 Å². The van der Waals surface area contributed by atoms with Gasteiger partial charge in [-0.2, -0.15) is 0 Å². The van der Waals surface area contributed by atoms with Crippen molar-refractivity contribution in [3.05, 3.63) is 64.7 Å². The van der Waals surface area contributed by atoms with Crippen LogP contribution < -0.4 is 4.90 Å². The summed E-state index contributed by atoms with van der Waals surface area (Å²) in [4.78, 5) is 14.7. The van der Waals surface area contributed by atoms with Gasteiger partial charge in [0.1, 0.15) is 0 Å². The lowest BCUT2D eigenvalue weighted by Gasteiger charge is -2.31. The molecule has 0 aliphatic carbocycles. The van der Waals surface area contributed by atoms with Crippen molar-refractivity contribution in [3.63, 3.8) is 0 Å². The molecule has 1 aliphatic rings. The Kier molecular flexibility index (Phi) is 3.98. The van der Waals surface area contributed by atoms with Crippen molar-refractivity contribution >= 4 is 23.2 Å². The third-order valence-corrected chi connectivity index (χ3v) is 4.33. The number of hydrogen-bond acceptors (Lipinski definition) is 1. The van der Waals surface area contributed by atoms with Gasteiger partial charge in [-0.1, -0.05) is 30.3 Å². The lowest BCUT2D eigenvalue weighted by Crippen LogP contribution is -2.36. The summed E-state index contributed by atoms with van der Waals surface area (Å²) in [6.07, 6.45) is 2.06. The van der Waals surface area contributed by atoms with E-state index in [4.69, 9.17) is 11.6 Å². The summed E-state index contributed by atoms with van der Waals surface area (Å²) in [5.74, 6) is 0.548. The molecule has 1 amide bonds. The first-order valence-corrected chi connectivity index (χ1v) is 7.79. The van der Waals surface area contributed by atoms with Crippen molar-refractivity contribution < 1.29 is 4.79 Å². The molecule has 0 aromatic heterocycles. The Hall–Kier alpha value is -1.80. The number of carbonyl (C=O) groups excluding carboxylic acids is 1. The van der Waals surface area contributed by atoms with Crippen molar-refractivity contribution in [2.75, 3.05) is 11.4 Å². The van der Waals surface area contributed by atoms with Gasteiger partial charge in [0.2, 0.25) is 0 Å². The molecular weight excluding hydrogens is 282 g/mol. The van der Waals surface area contributed by atoms with Crippen molar-refractivity contribution in [1.29, 1.82) is 0 Å². The summed E-state index contributed by atoms with van der Waals surface area (Å²) in [6, 6.07) is 13.8. The van der Waals surface area contributed by atoms with Gasteiger partial charge in [0.05, 0.1) is 5.69 Å². The highest BCUT2D eigenvalue weighted by atomic mass is 35.5. The highest BCUT2D eigenvalue weighted by molar-refractivity contribution is 6.17. The zero-order valence-electron chi connectivity index (χ0n) is 12.1. The minimum Gasteiger partial charge on any atom is -0.308 e. The number of anilines is 1. The van der Waals surface area contributed by atoms with E-state index in [-0.39, 0.29) is 5.91 Å². The van der Waals surface area contributed by atoms with Crippen LogP contribution >= 0.6 is 11.6 Å². The smallest absolute Gasteiger partial charge is 0.258 e. The van der Waals surface area contributed by atoms with Crippen LogP contribution in [0.3, 0.4) is 0 Å². The third kappa shape index (κ3) is 2.68. The van der Waals surface area contributed by atoms with E-state index in [9.17, 15) is 4.79 Å². The van der Waals surface area contributed by atoms with Gasteiger partial charge in [0, 0.05) is 18.0 Å². The number of para-hydroxylation sites is 1. The molecule has 0 spiro atoms. The highest BCUT2D eigenvalue weighted by Crippen LogP contribution is 2.31. The second kappa shape index (κ2) is 5.90. The maximum atomic E-state index is 12.8. The minimum absolute atomic E-state index is 0.0753. The molecule has 1 aliphatic heterocycles. The van der Waals surface area contributed by atoms with Crippen LogP contribution in [0.1, 0.15) is 33.5 Å². The minimum atomic E-state index is 0.0753. The van der Waals surface area contributed by atoms with Crippen LogP contribution in [0.25, 0.3) is 0 Å². The van der Waals surface area contributed by atoms with Gasteiger partial charge in [0.15, 0.2) is 0 Å². The Labute approximate surface area is 130 Å². The molecule has 3 heteroatoms. The highest BCUT2D eigenvalue weighted by Gasteiger charge is 2.24. The normalized spacial score (nSPS) is 13.9. The van der Waals surface area contributed by atoms with Gasteiger partial charge in [-0.3, -0.25) is 4.79 Å². The lowest BCUT2D eigenvalue weighted by atomic mass is 9.97. The second-order valence-corrected chi connectivity index (χ2v) is 5.74. The fourth-order valence-electron chi connectivity index (χ4n) is 2.94. The number of halogens is 1. The summed E-state index contributed by atoms with van der Waals surface area (Å²) < 4.78 is 0. The van der Waals surface area contributed by atoms with Crippen LogP contribution in [0.4, 0.5) is 5.69 Å². The Morgan fingerprint density at radius 1 is 1.19 bits per heavy atom. The van der Waals surface area contributed by atoms with Gasteiger partial charge in [-0.25, -0.2) is 0 Å². The fraction of sp³-hybridized carbons (Fsp3) is 0.278. The predicted molar refractivity (Wildman–Crippen MR) is 87.2 cm³/mol.